The topological polar surface area (TPSA) is 38.8 Å². The van der Waals surface area contributed by atoms with Crippen LogP contribution in [-0.4, -0.2) is 43.9 Å². The highest BCUT2D eigenvalue weighted by molar-refractivity contribution is 5.68. The van der Waals surface area contributed by atoms with Gasteiger partial charge in [-0.3, -0.25) is 0 Å². The summed E-state index contributed by atoms with van der Waals surface area (Å²) >= 11 is 0. The van der Waals surface area contributed by atoms with Crippen molar-refractivity contribution in [3.63, 3.8) is 0 Å². The van der Waals surface area contributed by atoms with Crippen LogP contribution in [0.25, 0.3) is 0 Å². The van der Waals surface area contributed by atoms with Gasteiger partial charge in [-0.25, -0.2) is 4.79 Å². The Balaban J connectivity index is 2.20. The van der Waals surface area contributed by atoms with Crippen LogP contribution in [0.5, 0.6) is 0 Å². The van der Waals surface area contributed by atoms with Gasteiger partial charge < -0.3 is 14.4 Å². The quantitative estimate of drug-likeness (QED) is 0.640. The van der Waals surface area contributed by atoms with Crippen molar-refractivity contribution in [2.24, 2.45) is 5.92 Å². The zero-order valence-corrected chi connectivity index (χ0v) is 8.73. The van der Waals surface area contributed by atoms with Crippen molar-refractivity contribution in [3.05, 3.63) is 12.7 Å². The summed E-state index contributed by atoms with van der Waals surface area (Å²) in [5, 5.41) is 0. The van der Waals surface area contributed by atoms with E-state index < -0.39 is 0 Å². The number of hydrogen-bond donors (Lipinski definition) is 0. The van der Waals surface area contributed by atoms with Gasteiger partial charge in [-0.05, 0) is 6.92 Å². The van der Waals surface area contributed by atoms with Gasteiger partial charge in [-0.15, -0.1) is 0 Å². The molecule has 0 spiro atoms. The standard InChI is InChI=1S/C10H17NO3/c1-4-5-14-10(12)11-6-9(7-11)8(2)13-3/h4,8-9H,1,5-7H2,2-3H3. The molecule has 1 fully saturated rings. The van der Waals surface area contributed by atoms with Gasteiger partial charge >= 0.3 is 6.09 Å². The maximum absolute atomic E-state index is 11.3. The lowest BCUT2D eigenvalue weighted by molar-refractivity contribution is -0.0163. The molecule has 1 heterocycles. The summed E-state index contributed by atoms with van der Waals surface area (Å²) in [5.41, 5.74) is 0. The largest absolute Gasteiger partial charge is 0.445 e. The van der Waals surface area contributed by atoms with Crippen LogP contribution >= 0.6 is 0 Å². The lowest BCUT2D eigenvalue weighted by Gasteiger charge is -2.40. The molecule has 1 aliphatic heterocycles. The van der Waals surface area contributed by atoms with Crippen LogP contribution in [0.3, 0.4) is 0 Å². The van der Waals surface area contributed by atoms with E-state index in [1.165, 1.54) is 0 Å². The van der Waals surface area contributed by atoms with Crippen molar-refractivity contribution in [1.29, 1.82) is 0 Å². The molecule has 4 heteroatoms. The summed E-state index contributed by atoms with van der Waals surface area (Å²) in [6.45, 7) is 7.22. The van der Waals surface area contributed by atoms with Crippen LogP contribution in [0, 0.1) is 5.92 Å². The lowest BCUT2D eigenvalue weighted by atomic mass is 9.95. The second-order valence-corrected chi connectivity index (χ2v) is 3.47. The Morgan fingerprint density at radius 2 is 2.36 bits per heavy atom. The van der Waals surface area contributed by atoms with Gasteiger partial charge in [0.2, 0.25) is 0 Å². The third kappa shape index (κ3) is 2.48. The molecular formula is C10H17NO3. The summed E-state index contributed by atoms with van der Waals surface area (Å²) in [6.07, 6.45) is 1.51. The van der Waals surface area contributed by atoms with E-state index >= 15 is 0 Å². The van der Waals surface area contributed by atoms with E-state index in [0.717, 1.165) is 13.1 Å². The van der Waals surface area contributed by atoms with Gasteiger partial charge in [0, 0.05) is 26.1 Å². The SMILES string of the molecule is C=CCOC(=O)N1CC(C(C)OC)C1. The molecule has 0 aromatic rings. The van der Waals surface area contributed by atoms with Gasteiger partial charge in [0.1, 0.15) is 6.61 Å². The summed E-state index contributed by atoms with van der Waals surface area (Å²) in [5.74, 6) is 0.441. The Morgan fingerprint density at radius 1 is 1.71 bits per heavy atom. The highest BCUT2D eigenvalue weighted by Crippen LogP contribution is 2.21. The zero-order valence-electron chi connectivity index (χ0n) is 8.73. The fourth-order valence-electron chi connectivity index (χ4n) is 1.37. The number of likely N-dealkylation sites (tertiary alicyclic amines) is 1. The summed E-state index contributed by atoms with van der Waals surface area (Å²) in [7, 11) is 1.68. The normalized spacial score (nSPS) is 18.6. The molecule has 1 unspecified atom stereocenters. The van der Waals surface area contributed by atoms with Gasteiger partial charge in [0.15, 0.2) is 0 Å². The van der Waals surface area contributed by atoms with E-state index in [4.69, 9.17) is 9.47 Å². The molecule has 0 N–H and O–H groups in total. The number of amides is 1. The molecule has 0 aliphatic carbocycles. The minimum Gasteiger partial charge on any atom is -0.445 e. The van der Waals surface area contributed by atoms with Gasteiger partial charge in [0.25, 0.3) is 0 Å². The van der Waals surface area contributed by atoms with E-state index in [1.54, 1.807) is 18.1 Å². The van der Waals surface area contributed by atoms with Crippen molar-refractivity contribution >= 4 is 6.09 Å². The summed E-state index contributed by atoms with van der Waals surface area (Å²) < 4.78 is 10.1. The van der Waals surface area contributed by atoms with Crippen molar-refractivity contribution in [2.75, 3.05) is 26.8 Å². The highest BCUT2D eigenvalue weighted by atomic mass is 16.6. The number of carbonyl (C=O) groups excluding carboxylic acids is 1. The van der Waals surface area contributed by atoms with E-state index in [2.05, 4.69) is 6.58 Å². The van der Waals surface area contributed by atoms with E-state index in [9.17, 15) is 4.79 Å². The van der Waals surface area contributed by atoms with Gasteiger partial charge in [-0.1, -0.05) is 12.7 Å². The molecule has 1 aliphatic rings. The first-order valence-electron chi connectivity index (χ1n) is 4.74. The van der Waals surface area contributed by atoms with Crippen LogP contribution in [-0.2, 0) is 9.47 Å². The first-order valence-corrected chi connectivity index (χ1v) is 4.74. The fraction of sp³-hybridized carbons (Fsp3) is 0.700. The second kappa shape index (κ2) is 5.00. The molecule has 14 heavy (non-hydrogen) atoms. The van der Waals surface area contributed by atoms with Crippen LogP contribution < -0.4 is 0 Å². The maximum Gasteiger partial charge on any atom is 0.410 e. The third-order valence-electron chi connectivity index (χ3n) is 2.53. The molecule has 0 radical (unpaired) electrons. The maximum atomic E-state index is 11.3. The van der Waals surface area contributed by atoms with Crippen LogP contribution in [0.2, 0.25) is 0 Å². The van der Waals surface area contributed by atoms with Gasteiger partial charge in [0.05, 0.1) is 6.10 Å². The smallest absolute Gasteiger partial charge is 0.410 e. The Hall–Kier alpha value is -1.03. The predicted molar refractivity (Wildman–Crippen MR) is 53.1 cm³/mol. The molecule has 0 saturated carbocycles. The van der Waals surface area contributed by atoms with Crippen molar-refractivity contribution in [2.45, 2.75) is 13.0 Å². The molecule has 80 valence electrons. The number of nitrogens with zero attached hydrogens (tertiary/aromatic N) is 1. The number of methoxy groups -OCH3 is 1. The monoisotopic (exact) mass is 199 g/mol. The summed E-state index contributed by atoms with van der Waals surface area (Å²) in [4.78, 5) is 12.9. The highest BCUT2D eigenvalue weighted by Gasteiger charge is 2.35. The van der Waals surface area contributed by atoms with Crippen molar-refractivity contribution in [1.82, 2.24) is 4.90 Å². The zero-order chi connectivity index (χ0) is 10.6. The van der Waals surface area contributed by atoms with Crippen LogP contribution in [0.1, 0.15) is 6.92 Å². The molecule has 1 amide bonds. The number of hydrogen-bond acceptors (Lipinski definition) is 3. The number of ether oxygens (including phenoxy) is 2. The average molecular weight is 199 g/mol. The minimum absolute atomic E-state index is 0.207. The second-order valence-electron chi connectivity index (χ2n) is 3.47. The average Bonchev–Trinajstić information content (AvgIpc) is 2.11. The minimum atomic E-state index is -0.260. The molecule has 0 bridgehead atoms. The first-order chi connectivity index (χ1) is 6.69. The van der Waals surface area contributed by atoms with E-state index in [-0.39, 0.29) is 18.8 Å². The Bertz CT molecular complexity index is 211. The molecule has 4 nitrogen and oxygen atoms in total. The molecule has 0 aromatic heterocycles. The predicted octanol–water partition coefficient (Wildman–Crippen LogP) is 1.28. The first kappa shape index (κ1) is 11.0. The fourth-order valence-corrected chi connectivity index (χ4v) is 1.37. The molecule has 1 rings (SSSR count). The Kier molecular flexibility index (Phi) is 3.95. The molecule has 1 saturated heterocycles. The summed E-state index contributed by atoms with van der Waals surface area (Å²) in [6, 6.07) is 0. The number of carbonyl (C=O) groups is 1. The van der Waals surface area contributed by atoms with E-state index in [0.29, 0.717) is 5.92 Å². The van der Waals surface area contributed by atoms with Crippen LogP contribution in [0.4, 0.5) is 4.79 Å². The van der Waals surface area contributed by atoms with E-state index in [1.807, 2.05) is 6.92 Å². The number of rotatable bonds is 4. The van der Waals surface area contributed by atoms with Crippen LogP contribution in [0.15, 0.2) is 12.7 Å². The van der Waals surface area contributed by atoms with Gasteiger partial charge in [-0.2, -0.15) is 0 Å². The molecule has 0 aromatic carbocycles. The van der Waals surface area contributed by atoms with Crippen molar-refractivity contribution < 1.29 is 14.3 Å². The third-order valence-corrected chi connectivity index (χ3v) is 2.53. The molecular weight excluding hydrogens is 182 g/mol. The lowest BCUT2D eigenvalue weighted by Crippen LogP contribution is -2.54. The van der Waals surface area contributed by atoms with Crippen molar-refractivity contribution in [3.8, 4) is 0 Å². The molecule has 1 atom stereocenters. The Labute approximate surface area is 84.5 Å². The Morgan fingerprint density at radius 3 is 2.86 bits per heavy atom.